The first-order chi connectivity index (χ1) is 15.9. The van der Waals surface area contributed by atoms with Gasteiger partial charge in [-0.3, -0.25) is 9.79 Å². The highest BCUT2D eigenvalue weighted by Gasteiger charge is 2.43. The molecular formula is C25H30N4O3S. The molecule has 2 aromatic rings. The van der Waals surface area contributed by atoms with E-state index in [2.05, 4.69) is 47.5 Å². The molecule has 174 valence electrons. The van der Waals surface area contributed by atoms with Crippen LogP contribution in [0.5, 0.6) is 11.5 Å². The number of carbonyl (C=O) groups is 1. The fourth-order valence-corrected chi connectivity index (χ4v) is 5.36. The molecule has 2 heterocycles. The van der Waals surface area contributed by atoms with Crippen LogP contribution in [0, 0.1) is 0 Å². The number of rotatable bonds is 5. The lowest BCUT2D eigenvalue weighted by Gasteiger charge is -2.44. The summed E-state index contributed by atoms with van der Waals surface area (Å²) in [4.78, 5) is 19.3. The van der Waals surface area contributed by atoms with Gasteiger partial charge in [0.15, 0.2) is 0 Å². The van der Waals surface area contributed by atoms with Gasteiger partial charge in [-0.25, -0.2) is 5.43 Å². The van der Waals surface area contributed by atoms with E-state index in [1.54, 1.807) is 14.2 Å². The Bertz CT molecular complexity index is 1110. The number of methoxy groups -OCH3 is 2. The fraction of sp³-hybridized carbons (Fsp3) is 0.400. The first kappa shape index (κ1) is 23.2. The van der Waals surface area contributed by atoms with Gasteiger partial charge in [0.2, 0.25) is 0 Å². The lowest BCUT2D eigenvalue weighted by atomic mass is 9.87. The Morgan fingerprint density at radius 1 is 1.24 bits per heavy atom. The predicted octanol–water partition coefficient (Wildman–Crippen LogP) is 4.88. The number of benzene rings is 2. The Morgan fingerprint density at radius 3 is 2.73 bits per heavy atom. The van der Waals surface area contributed by atoms with Crippen molar-refractivity contribution in [3.8, 4) is 11.5 Å². The Kier molecular flexibility index (Phi) is 6.65. The van der Waals surface area contributed by atoms with Crippen molar-refractivity contribution in [1.82, 2.24) is 5.43 Å². The number of hydrogen-bond donors (Lipinski definition) is 1. The molecule has 0 spiro atoms. The summed E-state index contributed by atoms with van der Waals surface area (Å²) in [7, 11) is 3.30. The maximum Gasteiger partial charge on any atom is 0.300 e. The number of aliphatic imine (C=N–C) groups is 1. The maximum atomic E-state index is 12.1. The van der Waals surface area contributed by atoms with Gasteiger partial charge in [0.25, 0.3) is 5.24 Å². The van der Waals surface area contributed by atoms with Gasteiger partial charge in [-0.1, -0.05) is 30.0 Å². The monoisotopic (exact) mass is 466 g/mol. The summed E-state index contributed by atoms with van der Waals surface area (Å²) in [5.74, 6) is 2.23. The molecule has 7 nitrogen and oxygen atoms in total. The van der Waals surface area contributed by atoms with Gasteiger partial charge in [0.1, 0.15) is 17.3 Å². The topological polar surface area (TPSA) is 75.5 Å². The molecule has 0 saturated carbocycles. The molecule has 2 aliphatic rings. The van der Waals surface area contributed by atoms with Crippen LogP contribution in [0.4, 0.5) is 10.5 Å². The summed E-state index contributed by atoms with van der Waals surface area (Å²) >= 11 is 1.27. The zero-order valence-corrected chi connectivity index (χ0v) is 20.5. The van der Waals surface area contributed by atoms with Gasteiger partial charge >= 0.3 is 0 Å². The second kappa shape index (κ2) is 9.47. The molecule has 0 aromatic heterocycles. The van der Waals surface area contributed by atoms with Crippen molar-refractivity contribution >= 4 is 34.2 Å². The molecule has 1 amide bonds. The van der Waals surface area contributed by atoms with E-state index in [0.717, 1.165) is 41.4 Å². The number of nitrogens with zero attached hydrogens (tertiary/aromatic N) is 3. The highest BCUT2D eigenvalue weighted by atomic mass is 32.2. The largest absolute Gasteiger partial charge is 0.497 e. The Morgan fingerprint density at radius 2 is 2.03 bits per heavy atom. The molecule has 2 aliphatic heterocycles. The number of amides is 1. The van der Waals surface area contributed by atoms with Crippen molar-refractivity contribution in [3.63, 3.8) is 0 Å². The number of hydrazone groups is 1. The van der Waals surface area contributed by atoms with E-state index in [1.807, 2.05) is 31.2 Å². The zero-order chi connectivity index (χ0) is 23.6. The molecular weight excluding hydrogens is 436 g/mol. The predicted molar refractivity (Wildman–Crippen MR) is 135 cm³/mol. The third kappa shape index (κ3) is 4.44. The normalized spacial score (nSPS) is 20.0. The number of hydrogen-bond acceptors (Lipinski definition) is 6. The number of amidine groups is 1. The van der Waals surface area contributed by atoms with Gasteiger partial charge in [-0.05, 0) is 57.4 Å². The smallest absolute Gasteiger partial charge is 0.300 e. The van der Waals surface area contributed by atoms with E-state index >= 15 is 0 Å². The number of aryl methyl sites for hydroxylation is 1. The third-order valence-corrected chi connectivity index (χ3v) is 6.98. The molecule has 33 heavy (non-hydrogen) atoms. The first-order valence-electron chi connectivity index (χ1n) is 11.1. The van der Waals surface area contributed by atoms with Crippen molar-refractivity contribution in [2.24, 2.45) is 10.1 Å². The summed E-state index contributed by atoms with van der Waals surface area (Å²) in [6, 6.07) is 14.1. The van der Waals surface area contributed by atoms with Crippen molar-refractivity contribution in [2.75, 3.05) is 25.7 Å². The Hall–Kier alpha value is -3.00. The van der Waals surface area contributed by atoms with Crippen LogP contribution in [-0.4, -0.2) is 48.3 Å². The molecule has 0 bridgehead atoms. The van der Waals surface area contributed by atoms with E-state index in [4.69, 9.17) is 14.5 Å². The SMILES string of the molecule is CCN=C(c1ccc(OC)cc1OC)N1c2ccccc2CCC1C1=NNC(=O)SC1(C)C. The second-order valence-electron chi connectivity index (χ2n) is 8.43. The summed E-state index contributed by atoms with van der Waals surface area (Å²) in [6.07, 6.45) is 1.78. The zero-order valence-electron chi connectivity index (χ0n) is 19.7. The number of para-hydroxylation sites is 1. The van der Waals surface area contributed by atoms with Crippen molar-refractivity contribution in [1.29, 1.82) is 0 Å². The van der Waals surface area contributed by atoms with E-state index in [0.29, 0.717) is 12.3 Å². The van der Waals surface area contributed by atoms with Gasteiger partial charge in [-0.15, -0.1) is 0 Å². The van der Waals surface area contributed by atoms with Gasteiger partial charge in [0.05, 0.1) is 36.3 Å². The Labute approximate surface area is 199 Å². The van der Waals surface area contributed by atoms with Gasteiger partial charge in [0, 0.05) is 18.3 Å². The second-order valence-corrected chi connectivity index (χ2v) is 10.0. The summed E-state index contributed by atoms with van der Waals surface area (Å²) in [5, 5.41) is 4.43. The number of ether oxygens (including phenoxy) is 2. The van der Waals surface area contributed by atoms with Crippen LogP contribution in [0.1, 0.15) is 38.3 Å². The van der Waals surface area contributed by atoms with Crippen LogP contribution >= 0.6 is 11.8 Å². The lowest BCUT2D eigenvalue weighted by Crippen LogP contribution is -2.55. The third-order valence-electron chi connectivity index (χ3n) is 5.98. The van der Waals surface area contributed by atoms with Crippen molar-refractivity contribution in [2.45, 2.75) is 44.4 Å². The molecule has 1 atom stereocenters. The fourth-order valence-electron chi connectivity index (χ4n) is 4.51. The highest BCUT2D eigenvalue weighted by Crippen LogP contribution is 2.40. The maximum absolute atomic E-state index is 12.1. The standard InChI is InChI=1S/C25H30N4O3S/c1-6-26-23(18-13-12-17(31-4)15-21(18)32-5)29-19-10-8-7-9-16(19)11-14-20(29)22-25(2,3)33-24(30)28-27-22/h7-10,12-13,15,20H,6,11,14H2,1-5H3,(H,28,30). The molecule has 2 aromatic carbocycles. The van der Waals surface area contributed by atoms with Gasteiger partial charge in [-0.2, -0.15) is 5.10 Å². The summed E-state index contributed by atoms with van der Waals surface area (Å²) in [6.45, 7) is 6.74. The minimum absolute atomic E-state index is 0.0693. The molecule has 1 N–H and O–H groups in total. The van der Waals surface area contributed by atoms with Crippen molar-refractivity contribution in [3.05, 3.63) is 53.6 Å². The van der Waals surface area contributed by atoms with Crippen LogP contribution in [0.15, 0.2) is 52.6 Å². The molecule has 1 unspecified atom stereocenters. The quantitative estimate of drug-likeness (QED) is 0.502. The van der Waals surface area contributed by atoms with Crippen LogP contribution in [0.2, 0.25) is 0 Å². The van der Waals surface area contributed by atoms with Crippen LogP contribution in [-0.2, 0) is 6.42 Å². The van der Waals surface area contributed by atoms with E-state index in [1.165, 1.54) is 17.3 Å². The number of thioether (sulfide) groups is 1. The molecule has 0 radical (unpaired) electrons. The first-order valence-corrected chi connectivity index (χ1v) is 11.9. The number of nitrogens with one attached hydrogen (secondary N) is 1. The highest BCUT2D eigenvalue weighted by molar-refractivity contribution is 8.15. The van der Waals surface area contributed by atoms with Crippen LogP contribution in [0.3, 0.4) is 0 Å². The van der Waals surface area contributed by atoms with Crippen LogP contribution < -0.4 is 19.8 Å². The van der Waals surface area contributed by atoms with Crippen molar-refractivity contribution < 1.29 is 14.3 Å². The number of carbonyl (C=O) groups excluding carboxylic acids is 1. The summed E-state index contributed by atoms with van der Waals surface area (Å²) < 4.78 is 10.7. The average molecular weight is 467 g/mol. The van der Waals surface area contributed by atoms with E-state index in [-0.39, 0.29) is 11.3 Å². The molecule has 4 rings (SSSR count). The Balaban J connectivity index is 1.91. The minimum Gasteiger partial charge on any atom is -0.497 e. The molecule has 0 aliphatic carbocycles. The van der Waals surface area contributed by atoms with Crippen LogP contribution in [0.25, 0.3) is 0 Å². The van der Waals surface area contributed by atoms with Gasteiger partial charge < -0.3 is 14.4 Å². The minimum atomic E-state index is -0.446. The molecule has 0 saturated heterocycles. The number of fused-ring (bicyclic) bond motifs is 1. The lowest BCUT2D eigenvalue weighted by molar-refractivity contribution is 0.260. The van der Waals surface area contributed by atoms with E-state index < -0.39 is 4.75 Å². The number of anilines is 1. The van der Waals surface area contributed by atoms with E-state index in [9.17, 15) is 4.79 Å². The summed E-state index contributed by atoms with van der Waals surface area (Å²) in [5.41, 5.74) is 6.85. The molecule has 0 fully saturated rings. The molecule has 8 heteroatoms. The average Bonchev–Trinajstić information content (AvgIpc) is 2.81.